The average molecular weight is 566 g/mol. The van der Waals surface area contributed by atoms with E-state index in [9.17, 15) is 18.0 Å². The van der Waals surface area contributed by atoms with Crippen molar-refractivity contribution in [2.45, 2.75) is 64.1 Å². The lowest BCUT2D eigenvalue weighted by Crippen LogP contribution is -2.53. The minimum atomic E-state index is -4.18. The SMILES string of the molecule is CC[C@H](C(=O)N[C@@H](C)CC)N(Cc1ccccc1)C(=O)CN(c1ccccc1OC)S(=O)(=O)c1ccc(C)cc1. The van der Waals surface area contributed by atoms with Gasteiger partial charge >= 0.3 is 0 Å². The summed E-state index contributed by atoms with van der Waals surface area (Å²) in [5.41, 5.74) is 1.97. The molecule has 0 radical (unpaired) electrons. The van der Waals surface area contributed by atoms with Crippen LogP contribution in [0.15, 0.2) is 83.8 Å². The number of hydrogen-bond acceptors (Lipinski definition) is 5. The summed E-state index contributed by atoms with van der Waals surface area (Å²) in [7, 11) is -2.73. The van der Waals surface area contributed by atoms with E-state index >= 15 is 0 Å². The lowest BCUT2D eigenvalue weighted by atomic mass is 10.1. The van der Waals surface area contributed by atoms with E-state index in [-0.39, 0.29) is 29.1 Å². The number of carbonyl (C=O) groups is 2. The molecule has 0 heterocycles. The van der Waals surface area contributed by atoms with Crippen molar-refractivity contribution >= 4 is 27.5 Å². The summed E-state index contributed by atoms with van der Waals surface area (Å²) in [5.74, 6) is -0.467. The molecule has 0 aliphatic carbocycles. The van der Waals surface area contributed by atoms with Crippen LogP contribution in [0.2, 0.25) is 0 Å². The van der Waals surface area contributed by atoms with Crippen LogP contribution in [0.5, 0.6) is 5.75 Å². The van der Waals surface area contributed by atoms with Crippen LogP contribution >= 0.6 is 0 Å². The minimum absolute atomic E-state index is 0.0490. The Morgan fingerprint density at radius 1 is 0.900 bits per heavy atom. The molecule has 1 N–H and O–H groups in total. The van der Waals surface area contributed by atoms with Crippen LogP contribution in [0.25, 0.3) is 0 Å². The molecule has 0 saturated carbocycles. The number of carbonyl (C=O) groups excluding carboxylic acids is 2. The van der Waals surface area contributed by atoms with Crippen LogP contribution in [-0.2, 0) is 26.2 Å². The minimum Gasteiger partial charge on any atom is -0.495 e. The standard InChI is InChI=1S/C31H39N3O5S/c1-6-24(4)32-31(36)27(7-2)33(21-25-13-9-8-10-14-25)30(35)22-34(28-15-11-12-16-29(28)39-5)40(37,38)26-19-17-23(3)18-20-26/h8-20,24,27H,6-7,21-22H2,1-5H3,(H,32,36)/t24-,27+/m0/s1. The number of para-hydroxylation sites is 2. The number of anilines is 1. The number of amides is 2. The van der Waals surface area contributed by atoms with E-state index in [0.717, 1.165) is 21.9 Å². The van der Waals surface area contributed by atoms with Crippen LogP contribution < -0.4 is 14.4 Å². The van der Waals surface area contributed by atoms with Crippen molar-refractivity contribution in [1.29, 1.82) is 0 Å². The van der Waals surface area contributed by atoms with E-state index in [4.69, 9.17) is 4.74 Å². The fraction of sp³-hybridized carbons (Fsp3) is 0.355. The highest BCUT2D eigenvalue weighted by Crippen LogP contribution is 2.32. The molecule has 3 aromatic carbocycles. The van der Waals surface area contributed by atoms with Gasteiger partial charge in [-0.05, 0) is 56.5 Å². The number of rotatable bonds is 13. The topological polar surface area (TPSA) is 96.0 Å². The molecule has 9 heteroatoms. The quantitative estimate of drug-likeness (QED) is 0.317. The Balaban J connectivity index is 2.08. The molecule has 0 aliphatic heterocycles. The van der Waals surface area contributed by atoms with Crippen molar-refractivity contribution in [1.82, 2.24) is 10.2 Å². The number of benzene rings is 3. The van der Waals surface area contributed by atoms with Crippen LogP contribution in [0.3, 0.4) is 0 Å². The number of aryl methyl sites for hydroxylation is 1. The smallest absolute Gasteiger partial charge is 0.264 e. The van der Waals surface area contributed by atoms with Crippen molar-refractivity contribution in [3.05, 3.63) is 90.0 Å². The Morgan fingerprint density at radius 2 is 1.52 bits per heavy atom. The molecule has 8 nitrogen and oxygen atoms in total. The lowest BCUT2D eigenvalue weighted by molar-refractivity contribution is -0.140. The summed E-state index contributed by atoms with van der Waals surface area (Å²) in [5, 5.41) is 2.98. The summed E-state index contributed by atoms with van der Waals surface area (Å²) in [6.45, 7) is 7.22. The van der Waals surface area contributed by atoms with Crippen molar-refractivity contribution < 1.29 is 22.7 Å². The van der Waals surface area contributed by atoms with E-state index in [1.54, 1.807) is 36.4 Å². The number of ether oxygens (including phenoxy) is 1. The predicted molar refractivity (Wildman–Crippen MR) is 158 cm³/mol. The second kappa shape index (κ2) is 14.0. The number of methoxy groups -OCH3 is 1. The van der Waals surface area contributed by atoms with Gasteiger partial charge in [-0.1, -0.05) is 74.0 Å². The normalized spacial score (nSPS) is 12.7. The van der Waals surface area contributed by atoms with Gasteiger partial charge in [-0.2, -0.15) is 0 Å². The highest BCUT2D eigenvalue weighted by atomic mass is 32.2. The molecule has 2 amide bonds. The lowest BCUT2D eigenvalue weighted by Gasteiger charge is -2.34. The second-order valence-electron chi connectivity index (χ2n) is 9.75. The van der Waals surface area contributed by atoms with Gasteiger partial charge in [0.1, 0.15) is 18.3 Å². The fourth-order valence-electron chi connectivity index (χ4n) is 4.33. The first kappa shape index (κ1) is 30.7. The predicted octanol–water partition coefficient (Wildman–Crippen LogP) is 4.92. The van der Waals surface area contributed by atoms with Crippen LogP contribution in [0.4, 0.5) is 5.69 Å². The number of sulfonamides is 1. The molecule has 0 aliphatic rings. The second-order valence-corrected chi connectivity index (χ2v) is 11.6. The molecule has 3 rings (SSSR count). The molecule has 40 heavy (non-hydrogen) atoms. The van der Waals surface area contributed by atoms with Crippen molar-refractivity contribution in [2.24, 2.45) is 0 Å². The molecule has 214 valence electrons. The van der Waals surface area contributed by atoms with Gasteiger partial charge in [0.25, 0.3) is 10.0 Å². The Bertz CT molecular complexity index is 1380. The third kappa shape index (κ3) is 7.41. The summed E-state index contributed by atoms with van der Waals surface area (Å²) in [6, 6.07) is 21.6. The van der Waals surface area contributed by atoms with E-state index in [1.165, 1.54) is 24.1 Å². The highest BCUT2D eigenvalue weighted by Gasteiger charge is 2.34. The molecular formula is C31H39N3O5S. The maximum atomic E-state index is 14.1. The molecule has 0 spiro atoms. The van der Waals surface area contributed by atoms with Gasteiger partial charge in [0.05, 0.1) is 17.7 Å². The van der Waals surface area contributed by atoms with Gasteiger partial charge in [0.2, 0.25) is 11.8 Å². The zero-order valence-electron chi connectivity index (χ0n) is 23.8. The first-order valence-electron chi connectivity index (χ1n) is 13.5. The van der Waals surface area contributed by atoms with E-state index in [0.29, 0.717) is 12.2 Å². The molecule has 0 fully saturated rings. The van der Waals surface area contributed by atoms with Crippen LogP contribution in [-0.4, -0.2) is 50.9 Å². The number of nitrogens with zero attached hydrogens (tertiary/aromatic N) is 2. The summed E-state index contributed by atoms with van der Waals surface area (Å²) >= 11 is 0. The average Bonchev–Trinajstić information content (AvgIpc) is 2.96. The summed E-state index contributed by atoms with van der Waals surface area (Å²) in [4.78, 5) is 29.0. The fourth-order valence-corrected chi connectivity index (χ4v) is 5.75. The van der Waals surface area contributed by atoms with Crippen molar-refractivity contribution in [2.75, 3.05) is 18.0 Å². The van der Waals surface area contributed by atoms with Crippen molar-refractivity contribution in [3.63, 3.8) is 0 Å². The monoisotopic (exact) mass is 565 g/mol. The molecule has 0 aromatic heterocycles. The first-order chi connectivity index (χ1) is 19.1. The van der Waals surface area contributed by atoms with Gasteiger partial charge in [0, 0.05) is 12.6 Å². The molecule has 0 unspecified atom stereocenters. The molecule has 0 bridgehead atoms. The number of hydrogen-bond donors (Lipinski definition) is 1. The van der Waals surface area contributed by atoms with E-state index in [1.807, 2.05) is 58.0 Å². The molecule has 0 saturated heterocycles. The zero-order chi connectivity index (χ0) is 29.3. The van der Waals surface area contributed by atoms with E-state index in [2.05, 4.69) is 5.32 Å². The first-order valence-corrected chi connectivity index (χ1v) is 14.9. The van der Waals surface area contributed by atoms with Gasteiger partial charge in [0.15, 0.2) is 0 Å². The Labute approximate surface area is 238 Å². The molecular weight excluding hydrogens is 526 g/mol. The van der Waals surface area contributed by atoms with Crippen LogP contribution in [0.1, 0.15) is 44.7 Å². The highest BCUT2D eigenvalue weighted by molar-refractivity contribution is 7.92. The van der Waals surface area contributed by atoms with E-state index < -0.39 is 28.5 Å². The van der Waals surface area contributed by atoms with Gasteiger partial charge < -0.3 is 15.0 Å². The number of nitrogens with one attached hydrogen (secondary N) is 1. The maximum absolute atomic E-state index is 14.1. The largest absolute Gasteiger partial charge is 0.495 e. The Morgan fingerprint density at radius 3 is 2.12 bits per heavy atom. The molecule has 2 atom stereocenters. The Hall–Kier alpha value is -3.85. The van der Waals surface area contributed by atoms with Gasteiger partial charge in [-0.3, -0.25) is 13.9 Å². The van der Waals surface area contributed by atoms with Crippen LogP contribution in [0, 0.1) is 6.92 Å². The van der Waals surface area contributed by atoms with Crippen molar-refractivity contribution in [3.8, 4) is 5.75 Å². The molecule has 3 aromatic rings. The zero-order valence-corrected chi connectivity index (χ0v) is 24.6. The summed E-state index contributed by atoms with van der Waals surface area (Å²) < 4.78 is 34.6. The summed E-state index contributed by atoms with van der Waals surface area (Å²) in [6.07, 6.45) is 1.10. The van der Waals surface area contributed by atoms with Gasteiger partial charge in [-0.15, -0.1) is 0 Å². The maximum Gasteiger partial charge on any atom is 0.264 e. The Kier molecular flexibility index (Phi) is 10.7. The third-order valence-electron chi connectivity index (χ3n) is 6.82. The third-order valence-corrected chi connectivity index (χ3v) is 8.60. The van der Waals surface area contributed by atoms with Gasteiger partial charge in [-0.25, -0.2) is 8.42 Å².